The minimum absolute atomic E-state index is 0.246. The number of hydrogen-bond acceptors (Lipinski definition) is 5. The standard InChI is InChI=1S/C15H19NO3S/c1-9-7-12(18-3)13(19-4)8-10(9)14(16)15-11(17-2)5-6-20-15/h5-8,14H,16H2,1-4H3. The average molecular weight is 293 g/mol. The normalized spacial score (nSPS) is 12.1. The number of nitrogens with two attached hydrogens (primary N) is 1. The summed E-state index contributed by atoms with van der Waals surface area (Å²) in [4.78, 5) is 1.00. The average Bonchev–Trinajstić information content (AvgIpc) is 2.94. The highest BCUT2D eigenvalue weighted by atomic mass is 32.1. The second-order valence-corrected chi connectivity index (χ2v) is 5.34. The monoisotopic (exact) mass is 293 g/mol. The Morgan fingerprint density at radius 2 is 1.60 bits per heavy atom. The molecule has 1 aromatic carbocycles. The van der Waals surface area contributed by atoms with Crippen LogP contribution in [0.25, 0.3) is 0 Å². The van der Waals surface area contributed by atoms with Crippen LogP contribution in [0, 0.1) is 6.92 Å². The van der Waals surface area contributed by atoms with Crippen molar-refractivity contribution in [3.05, 3.63) is 39.6 Å². The van der Waals surface area contributed by atoms with Crippen LogP contribution in [-0.2, 0) is 0 Å². The summed E-state index contributed by atoms with van der Waals surface area (Å²) in [6.45, 7) is 2.01. The molecule has 4 nitrogen and oxygen atoms in total. The molecule has 1 aromatic heterocycles. The van der Waals surface area contributed by atoms with Crippen molar-refractivity contribution in [2.75, 3.05) is 21.3 Å². The molecule has 20 heavy (non-hydrogen) atoms. The van der Waals surface area contributed by atoms with Gasteiger partial charge < -0.3 is 19.9 Å². The fraction of sp³-hybridized carbons (Fsp3) is 0.333. The first kappa shape index (κ1) is 14.7. The van der Waals surface area contributed by atoms with Gasteiger partial charge in [0.15, 0.2) is 11.5 Å². The minimum Gasteiger partial charge on any atom is -0.496 e. The maximum absolute atomic E-state index is 6.39. The molecule has 108 valence electrons. The number of aryl methyl sites for hydroxylation is 1. The van der Waals surface area contributed by atoms with Gasteiger partial charge in [-0.05, 0) is 41.6 Å². The molecule has 0 fully saturated rings. The fourth-order valence-corrected chi connectivity index (χ4v) is 3.06. The van der Waals surface area contributed by atoms with Gasteiger partial charge >= 0.3 is 0 Å². The lowest BCUT2D eigenvalue weighted by Crippen LogP contribution is -2.13. The Hall–Kier alpha value is -1.72. The summed E-state index contributed by atoms with van der Waals surface area (Å²) in [6, 6.07) is 5.55. The van der Waals surface area contributed by atoms with Gasteiger partial charge in [-0.25, -0.2) is 0 Å². The predicted octanol–water partition coefficient (Wildman–Crippen LogP) is 3.13. The Kier molecular flexibility index (Phi) is 4.52. The molecule has 0 aliphatic rings. The smallest absolute Gasteiger partial charge is 0.161 e. The molecule has 0 saturated carbocycles. The first-order valence-corrected chi connectivity index (χ1v) is 7.09. The van der Waals surface area contributed by atoms with Gasteiger partial charge in [-0.1, -0.05) is 0 Å². The fourth-order valence-electron chi connectivity index (χ4n) is 2.18. The van der Waals surface area contributed by atoms with Gasteiger partial charge in [0.05, 0.1) is 32.2 Å². The lowest BCUT2D eigenvalue weighted by atomic mass is 9.99. The summed E-state index contributed by atoms with van der Waals surface area (Å²) in [7, 11) is 4.90. The zero-order chi connectivity index (χ0) is 14.7. The van der Waals surface area contributed by atoms with Crippen molar-refractivity contribution in [1.82, 2.24) is 0 Å². The molecule has 0 radical (unpaired) electrons. The van der Waals surface area contributed by atoms with Gasteiger partial charge in [-0.15, -0.1) is 11.3 Å². The molecule has 0 saturated heterocycles. The Bertz CT molecular complexity index is 595. The molecule has 0 bridgehead atoms. The highest BCUT2D eigenvalue weighted by Gasteiger charge is 2.19. The third kappa shape index (κ3) is 2.59. The summed E-state index contributed by atoms with van der Waals surface area (Å²) in [5, 5.41) is 1.98. The molecule has 0 aliphatic carbocycles. The zero-order valence-electron chi connectivity index (χ0n) is 12.1. The molecule has 2 aromatic rings. The molecule has 0 aliphatic heterocycles. The van der Waals surface area contributed by atoms with Crippen LogP contribution in [-0.4, -0.2) is 21.3 Å². The molecule has 1 unspecified atom stereocenters. The number of ether oxygens (including phenoxy) is 3. The van der Waals surface area contributed by atoms with Crippen molar-refractivity contribution in [3.8, 4) is 17.2 Å². The Labute approximate surface area is 123 Å². The number of benzene rings is 1. The molecule has 5 heteroatoms. The summed E-state index contributed by atoms with van der Waals surface area (Å²) in [5.41, 5.74) is 8.45. The summed E-state index contributed by atoms with van der Waals surface area (Å²) >= 11 is 1.59. The van der Waals surface area contributed by atoms with Crippen LogP contribution in [0.3, 0.4) is 0 Å². The maximum Gasteiger partial charge on any atom is 0.161 e. The highest BCUT2D eigenvalue weighted by molar-refractivity contribution is 7.10. The van der Waals surface area contributed by atoms with E-state index in [9.17, 15) is 0 Å². The van der Waals surface area contributed by atoms with Gasteiger partial charge in [0.2, 0.25) is 0 Å². The second-order valence-electron chi connectivity index (χ2n) is 4.39. The van der Waals surface area contributed by atoms with Gasteiger partial charge in [0.25, 0.3) is 0 Å². The topological polar surface area (TPSA) is 53.7 Å². The number of thiophene rings is 1. The van der Waals surface area contributed by atoms with E-state index in [2.05, 4.69) is 0 Å². The number of hydrogen-bond donors (Lipinski definition) is 1. The molecule has 0 amide bonds. The molecule has 2 N–H and O–H groups in total. The minimum atomic E-state index is -0.246. The zero-order valence-corrected chi connectivity index (χ0v) is 12.9. The van der Waals surface area contributed by atoms with Crippen LogP contribution in [0.15, 0.2) is 23.6 Å². The quantitative estimate of drug-likeness (QED) is 0.920. The van der Waals surface area contributed by atoms with Crippen molar-refractivity contribution in [3.63, 3.8) is 0 Å². The first-order valence-electron chi connectivity index (χ1n) is 6.21. The summed E-state index contributed by atoms with van der Waals surface area (Å²) < 4.78 is 16.0. The summed E-state index contributed by atoms with van der Waals surface area (Å²) in [5.74, 6) is 2.20. The molecule has 0 spiro atoms. The van der Waals surface area contributed by atoms with Crippen molar-refractivity contribution >= 4 is 11.3 Å². The third-order valence-corrected chi connectivity index (χ3v) is 4.25. The van der Waals surface area contributed by atoms with Crippen LogP contribution in [0.5, 0.6) is 17.2 Å². The van der Waals surface area contributed by atoms with Gasteiger partial charge in [-0.2, -0.15) is 0 Å². The van der Waals surface area contributed by atoms with E-state index in [0.29, 0.717) is 11.5 Å². The third-order valence-electron chi connectivity index (χ3n) is 3.27. The predicted molar refractivity (Wildman–Crippen MR) is 81.2 cm³/mol. The molecular formula is C15H19NO3S. The highest BCUT2D eigenvalue weighted by Crippen LogP contribution is 2.38. The first-order chi connectivity index (χ1) is 9.62. The van der Waals surface area contributed by atoms with E-state index >= 15 is 0 Å². The number of rotatable bonds is 5. The van der Waals surface area contributed by atoms with Crippen molar-refractivity contribution < 1.29 is 14.2 Å². The lowest BCUT2D eigenvalue weighted by molar-refractivity contribution is 0.354. The van der Waals surface area contributed by atoms with E-state index in [4.69, 9.17) is 19.9 Å². The second kappa shape index (κ2) is 6.15. The Morgan fingerprint density at radius 1 is 1.00 bits per heavy atom. The van der Waals surface area contributed by atoms with E-state index in [1.54, 1.807) is 32.7 Å². The van der Waals surface area contributed by atoms with Crippen LogP contribution in [0.2, 0.25) is 0 Å². The number of methoxy groups -OCH3 is 3. The molecule has 2 rings (SSSR count). The van der Waals surface area contributed by atoms with E-state index in [1.807, 2.05) is 30.5 Å². The van der Waals surface area contributed by atoms with Gasteiger partial charge in [-0.3, -0.25) is 0 Å². The summed E-state index contributed by atoms with van der Waals surface area (Å²) in [6.07, 6.45) is 0. The SMILES string of the molecule is COc1cc(C)c(C(N)c2sccc2OC)cc1OC. The van der Waals surface area contributed by atoms with E-state index < -0.39 is 0 Å². The van der Waals surface area contributed by atoms with Gasteiger partial charge in [0, 0.05) is 0 Å². The molecule has 1 heterocycles. The Morgan fingerprint density at radius 3 is 2.20 bits per heavy atom. The van der Waals surface area contributed by atoms with Crippen LogP contribution in [0.1, 0.15) is 22.0 Å². The van der Waals surface area contributed by atoms with Crippen LogP contribution in [0.4, 0.5) is 0 Å². The van der Waals surface area contributed by atoms with Gasteiger partial charge in [0.1, 0.15) is 5.75 Å². The molecule has 1 atom stereocenters. The van der Waals surface area contributed by atoms with Crippen LogP contribution < -0.4 is 19.9 Å². The van der Waals surface area contributed by atoms with E-state index in [-0.39, 0.29) is 6.04 Å². The van der Waals surface area contributed by atoms with Crippen molar-refractivity contribution in [1.29, 1.82) is 0 Å². The lowest BCUT2D eigenvalue weighted by Gasteiger charge is -2.18. The van der Waals surface area contributed by atoms with Crippen molar-refractivity contribution in [2.45, 2.75) is 13.0 Å². The van der Waals surface area contributed by atoms with E-state index in [1.165, 1.54) is 0 Å². The maximum atomic E-state index is 6.39. The van der Waals surface area contributed by atoms with E-state index in [0.717, 1.165) is 21.8 Å². The largest absolute Gasteiger partial charge is 0.496 e. The molecular weight excluding hydrogens is 274 g/mol. The van der Waals surface area contributed by atoms with Crippen LogP contribution >= 0.6 is 11.3 Å². The Balaban J connectivity index is 2.46. The van der Waals surface area contributed by atoms with Crippen molar-refractivity contribution in [2.24, 2.45) is 5.73 Å².